The lowest BCUT2D eigenvalue weighted by atomic mass is 9.94. The molecule has 0 amide bonds. The van der Waals surface area contributed by atoms with Crippen molar-refractivity contribution >= 4 is 39.0 Å². The van der Waals surface area contributed by atoms with Gasteiger partial charge in [-0.2, -0.15) is 13.2 Å². The molecule has 0 saturated carbocycles. The molecule has 0 bridgehead atoms. The Kier molecular flexibility index (Phi) is 9.49. The van der Waals surface area contributed by atoms with E-state index in [2.05, 4.69) is 0 Å². The van der Waals surface area contributed by atoms with Gasteiger partial charge in [-0.25, -0.2) is 17.6 Å². The van der Waals surface area contributed by atoms with Gasteiger partial charge in [0.1, 0.15) is 11.9 Å². The molecule has 0 aliphatic heterocycles. The normalized spacial score (nSPS) is 13.4. The molecule has 3 aromatic rings. The van der Waals surface area contributed by atoms with E-state index in [9.17, 15) is 31.1 Å². The lowest BCUT2D eigenvalue weighted by Crippen LogP contribution is -2.21. The standard InChI is InChI=1S/C21H18Cl2FNO3S.C2HF3O2/c1-29(27,28)15-4-2-3-12(9-15)13-5-7-16(19(24)11-13)21(26)20(25)14-6-8-17(22)18(23)10-14;3-2(4,5)1(6)7/h2-11,20-21,26H,25H2,1H3;(H,6,7)/t20-,21+;/m1./s1. The lowest BCUT2D eigenvalue weighted by molar-refractivity contribution is -0.192. The summed E-state index contributed by atoms with van der Waals surface area (Å²) >= 11 is 11.9. The second kappa shape index (κ2) is 11.6. The number of benzene rings is 3. The number of aliphatic hydroxyl groups is 1. The fraction of sp³-hybridized carbons (Fsp3) is 0.174. The Morgan fingerprint density at radius 1 is 0.972 bits per heavy atom. The van der Waals surface area contributed by atoms with Crippen LogP contribution in [-0.2, 0) is 14.6 Å². The summed E-state index contributed by atoms with van der Waals surface area (Å²) in [6, 6.07) is 14.3. The molecule has 0 unspecified atom stereocenters. The Labute approximate surface area is 213 Å². The van der Waals surface area contributed by atoms with Crippen molar-refractivity contribution in [3.8, 4) is 11.1 Å². The molecule has 0 aliphatic rings. The highest BCUT2D eigenvalue weighted by Crippen LogP contribution is 2.33. The van der Waals surface area contributed by atoms with Crippen molar-refractivity contribution in [1.82, 2.24) is 0 Å². The average Bonchev–Trinajstić information content (AvgIpc) is 2.79. The van der Waals surface area contributed by atoms with E-state index in [4.69, 9.17) is 38.8 Å². The third kappa shape index (κ3) is 7.65. The molecule has 4 N–H and O–H groups in total. The number of carboxylic acid groups (broad SMARTS) is 1. The fourth-order valence-electron chi connectivity index (χ4n) is 2.95. The predicted molar refractivity (Wildman–Crippen MR) is 127 cm³/mol. The number of nitrogens with two attached hydrogens (primary N) is 1. The van der Waals surface area contributed by atoms with E-state index in [1.165, 1.54) is 30.3 Å². The van der Waals surface area contributed by atoms with Crippen molar-refractivity contribution in [3.05, 3.63) is 87.7 Å². The molecule has 3 rings (SSSR count). The van der Waals surface area contributed by atoms with Crippen LogP contribution in [0.5, 0.6) is 0 Å². The molecule has 0 aromatic heterocycles. The van der Waals surface area contributed by atoms with Gasteiger partial charge in [0, 0.05) is 11.8 Å². The number of alkyl halides is 3. The second-order valence-corrected chi connectivity index (χ2v) is 10.3. The smallest absolute Gasteiger partial charge is 0.475 e. The minimum Gasteiger partial charge on any atom is -0.475 e. The van der Waals surface area contributed by atoms with Crippen LogP contribution in [-0.4, -0.2) is 37.0 Å². The van der Waals surface area contributed by atoms with Gasteiger partial charge in [-0.1, -0.05) is 53.5 Å². The van der Waals surface area contributed by atoms with E-state index in [1.807, 2.05) is 0 Å². The molecule has 0 saturated heterocycles. The number of carbonyl (C=O) groups is 1. The van der Waals surface area contributed by atoms with E-state index in [0.29, 0.717) is 21.7 Å². The van der Waals surface area contributed by atoms with E-state index in [0.717, 1.165) is 6.26 Å². The van der Waals surface area contributed by atoms with Gasteiger partial charge in [0.2, 0.25) is 0 Å². The van der Waals surface area contributed by atoms with Gasteiger partial charge < -0.3 is 15.9 Å². The molecule has 3 aromatic carbocycles. The maximum atomic E-state index is 14.8. The summed E-state index contributed by atoms with van der Waals surface area (Å²) in [5.74, 6) is -3.41. The van der Waals surface area contributed by atoms with Crippen molar-refractivity contribution in [2.45, 2.75) is 23.2 Å². The average molecular weight is 568 g/mol. The van der Waals surface area contributed by atoms with Gasteiger partial charge in [-0.3, -0.25) is 0 Å². The fourth-order valence-corrected chi connectivity index (χ4v) is 3.92. The highest BCUT2D eigenvalue weighted by Gasteiger charge is 2.38. The summed E-state index contributed by atoms with van der Waals surface area (Å²) in [6.07, 6.45) is -5.29. The molecule has 0 fully saturated rings. The molecular weight excluding hydrogens is 549 g/mol. The number of hydrogen-bond donors (Lipinski definition) is 3. The highest BCUT2D eigenvalue weighted by molar-refractivity contribution is 7.90. The topological polar surface area (TPSA) is 118 Å². The van der Waals surface area contributed by atoms with Crippen LogP contribution in [0.3, 0.4) is 0 Å². The van der Waals surface area contributed by atoms with E-state index < -0.39 is 39.9 Å². The van der Waals surface area contributed by atoms with Crippen LogP contribution in [0.2, 0.25) is 10.0 Å². The predicted octanol–water partition coefficient (Wildman–Crippen LogP) is 5.57. The van der Waals surface area contributed by atoms with Gasteiger partial charge >= 0.3 is 12.1 Å². The van der Waals surface area contributed by atoms with Crippen molar-refractivity contribution in [2.75, 3.05) is 6.26 Å². The van der Waals surface area contributed by atoms with Crippen LogP contribution in [0.4, 0.5) is 17.6 Å². The maximum Gasteiger partial charge on any atom is 0.490 e. The Morgan fingerprint density at radius 2 is 1.56 bits per heavy atom. The summed E-state index contributed by atoms with van der Waals surface area (Å²) in [6.45, 7) is 0. The van der Waals surface area contributed by atoms with Gasteiger partial charge in [-0.05, 0) is 47.0 Å². The zero-order valence-corrected chi connectivity index (χ0v) is 20.6. The molecule has 0 aliphatic carbocycles. The lowest BCUT2D eigenvalue weighted by Gasteiger charge is -2.21. The number of rotatable bonds is 5. The van der Waals surface area contributed by atoms with Crippen molar-refractivity contribution < 1.29 is 41.0 Å². The highest BCUT2D eigenvalue weighted by atomic mass is 35.5. The molecule has 0 heterocycles. The number of aliphatic carboxylic acids is 1. The van der Waals surface area contributed by atoms with Gasteiger partial charge in [0.05, 0.1) is 21.0 Å². The van der Waals surface area contributed by atoms with Crippen LogP contribution < -0.4 is 5.73 Å². The zero-order chi connectivity index (χ0) is 27.4. The molecule has 194 valence electrons. The maximum absolute atomic E-state index is 14.8. The number of sulfone groups is 1. The summed E-state index contributed by atoms with van der Waals surface area (Å²) in [4.78, 5) is 9.04. The molecule has 0 radical (unpaired) electrons. The first-order valence-electron chi connectivity index (χ1n) is 9.81. The second-order valence-electron chi connectivity index (χ2n) is 7.48. The van der Waals surface area contributed by atoms with Gasteiger partial charge in [0.25, 0.3) is 0 Å². The number of carboxylic acids is 1. The largest absolute Gasteiger partial charge is 0.490 e. The van der Waals surface area contributed by atoms with Crippen molar-refractivity contribution in [2.24, 2.45) is 5.73 Å². The SMILES string of the molecule is CS(=O)(=O)c1cccc(-c2ccc([C@H](O)[C@H](N)c3ccc(Cl)c(Cl)c3)c(F)c2)c1.O=C(O)C(F)(F)F. The summed E-state index contributed by atoms with van der Waals surface area (Å²) in [5.41, 5.74) is 7.64. The third-order valence-corrected chi connectivity index (χ3v) is 6.68. The van der Waals surface area contributed by atoms with Crippen LogP contribution in [0.25, 0.3) is 11.1 Å². The molecule has 36 heavy (non-hydrogen) atoms. The molecule has 13 heteroatoms. The number of halogens is 6. The Bertz CT molecular complexity index is 1370. The quantitative estimate of drug-likeness (QED) is 0.347. The van der Waals surface area contributed by atoms with Crippen molar-refractivity contribution in [1.29, 1.82) is 0 Å². The summed E-state index contributed by atoms with van der Waals surface area (Å²) in [7, 11) is -3.38. The van der Waals surface area contributed by atoms with Gasteiger partial charge in [-0.15, -0.1) is 0 Å². The minimum absolute atomic E-state index is 0.0200. The molecule has 0 spiro atoms. The third-order valence-electron chi connectivity index (χ3n) is 4.83. The van der Waals surface area contributed by atoms with E-state index >= 15 is 0 Å². The van der Waals surface area contributed by atoms with Crippen LogP contribution in [0.1, 0.15) is 23.3 Å². The Morgan fingerprint density at radius 3 is 2.06 bits per heavy atom. The first kappa shape index (κ1) is 29.5. The van der Waals surface area contributed by atoms with E-state index in [1.54, 1.807) is 30.3 Å². The Hall–Kier alpha value is -2.70. The number of aliphatic hydroxyl groups excluding tert-OH is 1. The van der Waals surface area contributed by atoms with Crippen LogP contribution in [0.15, 0.2) is 65.6 Å². The zero-order valence-electron chi connectivity index (χ0n) is 18.3. The first-order valence-corrected chi connectivity index (χ1v) is 12.5. The first-order chi connectivity index (χ1) is 16.5. The molecule has 2 atom stereocenters. The summed E-state index contributed by atoms with van der Waals surface area (Å²) in [5, 5.41) is 18.3. The minimum atomic E-state index is -5.08. The number of hydrogen-bond acceptors (Lipinski definition) is 5. The Balaban J connectivity index is 0.000000572. The van der Waals surface area contributed by atoms with Gasteiger partial charge in [0.15, 0.2) is 9.84 Å². The van der Waals surface area contributed by atoms with E-state index in [-0.39, 0.29) is 15.5 Å². The monoisotopic (exact) mass is 567 g/mol. The van der Waals surface area contributed by atoms with Crippen LogP contribution >= 0.6 is 23.2 Å². The molecule has 6 nitrogen and oxygen atoms in total. The van der Waals surface area contributed by atoms with Crippen molar-refractivity contribution in [3.63, 3.8) is 0 Å². The van der Waals surface area contributed by atoms with Crippen LogP contribution in [0, 0.1) is 5.82 Å². The molecular formula is C23H19Cl2F4NO5S. The summed E-state index contributed by atoms with van der Waals surface area (Å²) < 4.78 is 70.0.